The molecule has 1 rings (SSSR count). The number of nitrogens with one attached hydrogen (secondary N) is 2. The van der Waals surface area contributed by atoms with Crippen LogP contribution in [-0.2, 0) is 4.74 Å². The van der Waals surface area contributed by atoms with Crippen LogP contribution < -0.4 is 15.4 Å². The Morgan fingerprint density at radius 1 is 1.19 bits per heavy atom. The van der Waals surface area contributed by atoms with Gasteiger partial charge in [0.25, 0.3) is 0 Å². The molecule has 0 fully saturated rings. The Kier molecular flexibility index (Phi) is 6.85. The van der Waals surface area contributed by atoms with Crippen molar-refractivity contribution < 1.29 is 14.3 Å². The molecule has 0 bridgehead atoms. The third kappa shape index (κ3) is 7.44. The SMILES string of the molecule is CCCOc1ccccc1NCCNC(=O)OC(C)(C)C. The van der Waals surface area contributed by atoms with E-state index in [1.54, 1.807) is 0 Å². The molecule has 0 aromatic heterocycles. The van der Waals surface area contributed by atoms with Crippen LogP contribution in [0.15, 0.2) is 24.3 Å². The van der Waals surface area contributed by atoms with Crippen LogP contribution in [0.1, 0.15) is 34.1 Å². The number of rotatable bonds is 7. The first kappa shape index (κ1) is 17.1. The van der Waals surface area contributed by atoms with Gasteiger partial charge < -0.3 is 20.1 Å². The van der Waals surface area contributed by atoms with Gasteiger partial charge >= 0.3 is 6.09 Å². The van der Waals surface area contributed by atoms with Gasteiger partial charge in [0.2, 0.25) is 0 Å². The second-order valence-corrected chi connectivity index (χ2v) is 5.70. The summed E-state index contributed by atoms with van der Waals surface area (Å²) in [5.74, 6) is 0.830. The average Bonchev–Trinajstić information content (AvgIpc) is 2.40. The smallest absolute Gasteiger partial charge is 0.407 e. The molecule has 0 spiro atoms. The second-order valence-electron chi connectivity index (χ2n) is 5.70. The van der Waals surface area contributed by atoms with Gasteiger partial charge in [0.1, 0.15) is 11.4 Å². The number of anilines is 1. The maximum absolute atomic E-state index is 11.5. The minimum atomic E-state index is -0.474. The fourth-order valence-electron chi connectivity index (χ4n) is 1.63. The zero-order valence-electron chi connectivity index (χ0n) is 13.4. The van der Waals surface area contributed by atoms with Gasteiger partial charge in [-0.2, -0.15) is 0 Å². The van der Waals surface area contributed by atoms with E-state index in [9.17, 15) is 4.79 Å². The van der Waals surface area contributed by atoms with Crippen LogP contribution in [0.3, 0.4) is 0 Å². The molecular formula is C16H26N2O3. The monoisotopic (exact) mass is 294 g/mol. The Balaban J connectivity index is 2.34. The van der Waals surface area contributed by atoms with Crippen LogP contribution in [0, 0.1) is 0 Å². The molecule has 5 nitrogen and oxygen atoms in total. The molecule has 1 aromatic carbocycles. The number of para-hydroxylation sites is 2. The molecule has 0 heterocycles. The van der Waals surface area contributed by atoms with E-state index >= 15 is 0 Å². The molecule has 1 aromatic rings. The lowest BCUT2D eigenvalue weighted by atomic mass is 10.2. The summed E-state index contributed by atoms with van der Waals surface area (Å²) in [7, 11) is 0. The van der Waals surface area contributed by atoms with E-state index in [0.717, 1.165) is 17.9 Å². The summed E-state index contributed by atoms with van der Waals surface area (Å²) >= 11 is 0. The van der Waals surface area contributed by atoms with Crippen LogP contribution in [0.25, 0.3) is 0 Å². The predicted octanol–water partition coefficient (Wildman–Crippen LogP) is 3.41. The third-order valence-corrected chi connectivity index (χ3v) is 2.46. The maximum Gasteiger partial charge on any atom is 0.407 e. The van der Waals surface area contributed by atoms with Gasteiger partial charge in [0, 0.05) is 13.1 Å². The molecule has 1 amide bonds. The number of carbonyl (C=O) groups is 1. The first-order valence-electron chi connectivity index (χ1n) is 7.35. The standard InChI is InChI=1S/C16H26N2O3/c1-5-12-20-14-9-7-6-8-13(14)17-10-11-18-15(19)21-16(2,3)4/h6-9,17H,5,10-12H2,1-4H3,(H,18,19). The largest absolute Gasteiger partial charge is 0.491 e. The molecule has 0 aliphatic heterocycles. The summed E-state index contributed by atoms with van der Waals surface area (Å²) in [4.78, 5) is 11.5. The fraction of sp³-hybridized carbons (Fsp3) is 0.562. The van der Waals surface area contributed by atoms with Gasteiger partial charge in [0.15, 0.2) is 0 Å². The van der Waals surface area contributed by atoms with Crippen molar-refractivity contribution in [3.05, 3.63) is 24.3 Å². The van der Waals surface area contributed by atoms with Crippen LogP contribution in [0.4, 0.5) is 10.5 Å². The maximum atomic E-state index is 11.5. The molecule has 118 valence electrons. The molecule has 0 radical (unpaired) electrons. The minimum Gasteiger partial charge on any atom is -0.491 e. The van der Waals surface area contributed by atoms with Gasteiger partial charge in [-0.3, -0.25) is 0 Å². The van der Waals surface area contributed by atoms with Crippen molar-refractivity contribution in [2.75, 3.05) is 25.0 Å². The molecule has 0 unspecified atom stereocenters. The number of hydrogen-bond acceptors (Lipinski definition) is 4. The zero-order chi connectivity index (χ0) is 15.7. The molecule has 21 heavy (non-hydrogen) atoms. The Morgan fingerprint density at radius 3 is 2.57 bits per heavy atom. The van der Waals surface area contributed by atoms with Crippen LogP contribution in [-0.4, -0.2) is 31.4 Å². The van der Waals surface area contributed by atoms with E-state index in [4.69, 9.17) is 9.47 Å². The Bertz CT molecular complexity index is 441. The lowest BCUT2D eigenvalue weighted by Crippen LogP contribution is -2.35. The van der Waals surface area contributed by atoms with Crippen molar-refractivity contribution in [2.45, 2.75) is 39.7 Å². The molecular weight excluding hydrogens is 268 g/mol. The fourth-order valence-corrected chi connectivity index (χ4v) is 1.63. The van der Waals surface area contributed by atoms with Crippen LogP contribution in [0.2, 0.25) is 0 Å². The summed E-state index contributed by atoms with van der Waals surface area (Å²) in [6.45, 7) is 9.36. The predicted molar refractivity (Wildman–Crippen MR) is 85.0 cm³/mol. The number of alkyl carbamates (subject to hydrolysis) is 1. The quantitative estimate of drug-likeness (QED) is 0.757. The molecule has 0 atom stereocenters. The third-order valence-electron chi connectivity index (χ3n) is 2.46. The van der Waals surface area contributed by atoms with Gasteiger partial charge in [0.05, 0.1) is 12.3 Å². The minimum absolute atomic E-state index is 0.403. The van der Waals surface area contributed by atoms with Gasteiger partial charge in [-0.05, 0) is 39.3 Å². The first-order valence-corrected chi connectivity index (χ1v) is 7.35. The highest BCUT2D eigenvalue weighted by Gasteiger charge is 2.15. The van der Waals surface area contributed by atoms with Crippen molar-refractivity contribution in [3.8, 4) is 5.75 Å². The first-order chi connectivity index (χ1) is 9.92. The van der Waals surface area contributed by atoms with Gasteiger partial charge in [-0.1, -0.05) is 19.1 Å². The van der Waals surface area contributed by atoms with Crippen molar-refractivity contribution >= 4 is 11.8 Å². The number of ether oxygens (including phenoxy) is 2. The number of carbonyl (C=O) groups excluding carboxylic acids is 1. The average molecular weight is 294 g/mol. The van der Waals surface area contributed by atoms with E-state index in [-0.39, 0.29) is 0 Å². The summed E-state index contributed by atoms with van der Waals surface area (Å²) in [5.41, 5.74) is 0.454. The van der Waals surface area contributed by atoms with Crippen LogP contribution >= 0.6 is 0 Å². The number of amides is 1. The molecule has 5 heteroatoms. The summed E-state index contributed by atoms with van der Waals surface area (Å²) < 4.78 is 10.8. The van der Waals surface area contributed by atoms with E-state index in [1.807, 2.05) is 45.0 Å². The molecule has 0 aliphatic carbocycles. The highest BCUT2D eigenvalue weighted by Crippen LogP contribution is 2.23. The van der Waals surface area contributed by atoms with Gasteiger partial charge in [-0.25, -0.2) is 4.79 Å². The Hall–Kier alpha value is -1.91. The zero-order valence-corrected chi connectivity index (χ0v) is 13.4. The highest BCUT2D eigenvalue weighted by molar-refractivity contribution is 5.67. The van der Waals surface area contributed by atoms with E-state index < -0.39 is 11.7 Å². The number of benzene rings is 1. The Labute approximate surface area is 127 Å². The lowest BCUT2D eigenvalue weighted by molar-refractivity contribution is 0.0530. The lowest BCUT2D eigenvalue weighted by Gasteiger charge is -2.20. The highest BCUT2D eigenvalue weighted by atomic mass is 16.6. The van der Waals surface area contributed by atoms with Crippen molar-refractivity contribution in [1.82, 2.24) is 5.32 Å². The molecule has 2 N–H and O–H groups in total. The molecule has 0 saturated heterocycles. The summed E-state index contributed by atoms with van der Waals surface area (Å²) in [6.07, 6.45) is 0.564. The molecule has 0 saturated carbocycles. The van der Waals surface area contributed by atoms with Gasteiger partial charge in [-0.15, -0.1) is 0 Å². The van der Waals surface area contributed by atoms with E-state index in [1.165, 1.54) is 0 Å². The van der Waals surface area contributed by atoms with Crippen molar-refractivity contribution in [3.63, 3.8) is 0 Å². The normalized spacial score (nSPS) is 10.9. The van der Waals surface area contributed by atoms with E-state index in [0.29, 0.717) is 19.7 Å². The van der Waals surface area contributed by atoms with Crippen molar-refractivity contribution in [2.24, 2.45) is 0 Å². The van der Waals surface area contributed by atoms with Crippen LogP contribution in [0.5, 0.6) is 5.75 Å². The number of hydrogen-bond donors (Lipinski definition) is 2. The van der Waals surface area contributed by atoms with E-state index in [2.05, 4.69) is 17.6 Å². The summed E-state index contributed by atoms with van der Waals surface area (Å²) in [5, 5.41) is 5.95. The Morgan fingerprint density at radius 2 is 1.90 bits per heavy atom. The topological polar surface area (TPSA) is 59.6 Å². The molecule has 0 aliphatic rings. The second kappa shape index (κ2) is 8.39. The van der Waals surface area contributed by atoms with Crippen molar-refractivity contribution in [1.29, 1.82) is 0 Å². The summed E-state index contributed by atoms with van der Waals surface area (Å²) in [6, 6.07) is 7.77.